The summed E-state index contributed by atoms with van der Waals surface area (Å²) in [7, 11) is 0. The Balaban J connectivity index is 1.88. The number of benzene rings is 2. The molecule has 0 unspecified atom stereocenters. The van der Waals surface area contributed by atoms with Crippen molar-refractivity contribution in [2.75, 3.05) is 11.9 Å². The summed E-state index contributed by atoms with van der Waals surface area (Å²) in [5.74, 6) is 0.499. The van der Waals surface area contributed by atoms with Crippen molar-refractivity contribution in [1.29, 1.82) is 5.26 Å². The quantitative estimate of drug-likeness (QED) is 0.568. The Bertz CT molecular complexity index is 1030. The first-order valence-corrected chi connectivity index (χ1v) is 9.29. The monoisotopic (exact) mass is 371 g/mol. The summed E-state index contributed by atoms with van der Waals surface area (Å²) in [4.78, 5) is 4.77. The Kier molecular flexibility index (Phi) is 6.18. The number of allylic oxidation sites excluding steroid dienone is 1. The highest BCUT2D eigenvalue weighted by Crippen LogP contribution is 2.29. The molecule has 1 heterocycles. The number of nitriles is 1. The summed E-state index contributed by atoms with van der Waals surface area (Å²) in [6.45, 7) is 6.80. The second kappa shape index (κ2) is 8.96. The van der Waals surface area contributed by atoms with Gasteiger partial charge in [-0.15, -0.1) is 0 Å². The van der Waals surface area contributed by atoms with Crippen LogP contribution in [0, 0.1) is 17.1 Å². The van der Waals surface area contributed by atoms with Crippen LogP contribution < -0.4 is 5.32 Å². The van der Waals surface area contributed by atoms with E-state index >= 15 is 0 Å². The van der Waals surface area contributed by atoms with E-state index in [1.54, 1.807) is 18.2 Å². The Morgan fingerprint density at radius 2 is 1.96 bits per heavy atom. The van der Waals surface area contributed by atoms with Crippen LogP contribution >= 0.6 is 0 Å². The van der Waals surface area contributed by atoms with Crippen molar-refractivity contribution in [1.82, 2.24) is 4.98 Å². The molecule has 0 bridgehead atoms. The lowest BCUT2D eigenvalue weighted by atomic mass is 10.0. The standard InChI is InChI=1S/C24H22FN3/c1-3-17(2)21-11-12-23(22-10-5-4-8-19(22)16-26)28-24(21)27-14-13-18-7-6-9-20(25)15-18/h4-12,15H,2-3,13-14H2,1H3,(H,27,28). The van der Waals surface area contributed by atoms with E-state index in [1.165, 1.54) is 6.07 Å². The lowest BCUT2D eigenvalue weighted by molar-refractivity contribution is 0.625. The van der Waals surface area contributed by atoms with Crippen LogP contribution in [0.2, 0.25) is 0 Å². The molecule has 3 nitrogen and oxygen atoms in total. The van der Waals surface area contributed by atoms with Crippen LogP contribution in [0.15, 0.2) is 67.2 Å². The van der Waals surface area contributed by atoms with Crippen LogP contribution in [0.5, 0.6) is 0 Å². The van der Waals surface area contributed by atoms with Crippen molar-refractivity contribution < 1.29 is 4.39 Å². The molecule has 1 aromatic heterocycles. The predicted molar refractivity (Wildman–Crippen MR) is 112 cm³/mol. The largest absolute Gasteiger partial charge is 0.369 e. The number of nitrogens with one attached hydrogen (secondary N) is 1. The first-order valence-electron chi connectivity index (χ1n) is 9.29. The van der Waals surface area contributed by atoms with E-state index in [9.17, 15) is 9.65 Å². The number of aromatic nitrogens is 1. The molecule has 0 fully saturated rings. The number of hydrogen-bond donors (Lipinski definition) is 1. The molecule has 28 heavy (non-hydrogen) atoms. The van der Waals surface area contributed by atoms with Gasteiger partial charge >= 0.3 is 0 Å². The van der Waals surface area contributed by atoms with E-state index in [2.05, 4.69) is 24.9 Å². The predicted octanol–water partition coefficient (Wildman–Crippen LogP) is 5.84. The molecule has 2 aromatic carbocycles. The Morgan fingerprint density at radius 1 is 1.14 bits per heavy atom. The molecule has 0 saturated heterocycles. The lowest BCUT2D eigenvalue weighted by Gasteiger charge is -2.14. The van der Waals surface area contributed by atoms with Gasteiger partial charge in [0.15, 0.2) is 0 Å². The fourth-order valence-electron chi connectivity index (χ4n) is 3.04. The first kappa shape index (κ1) is 19.3. The highest BCUT2D eigenvalue weighted by atomic mass is 19.1. The summed E-state index contributed by atoms with van der Waals surface area (Å²) in [6.07, 6.45) is 1.49. The van der Waals surface area contributed by atoms with Crippen molar-refractivity contribution in [2.24, 2.45) is 0 Å². The minimum Gasteiger partial charge on any atom is -0.369 e. The zero-order chi connectivity index (χ0) is 19.9. The third-order valence-corrected chi connectivity index (χ3v) is 4.62. The third-order valence-electron chi connectivity index (χ3n) is 4.62. The normalized spacial score (nSPS) is 10.3. The van der Waals surface area contributed by atoms with Gasteiger partial charge in [-0.2, -0.15) is 5.26 Å². The summed E-state index contributed by atoms with van der Waals surface area (Å²) >= 11 is 0. The van der Waals surface area contributed by atoms with E-state index in [0.717, 1.165) is 40.2 Å². The van der Waals surface area contributed by atoms with E-state index < -0.39 is 0 Å². The zero-order valence-electron chi connectivity index (χ0n) is 15.9. The van der Waals surface area contributed by atoms with Gasteiger partial charge in [-0.3, -0.25) is 0 Å². The number of hydrogen-bond acceptors (Lipinski definition) is 3. The highest BCUT2D eigenvalue weighted by Gasteiger charge is 2.11. The van der Waals surface area contributed by atoms with Crippen LogP contribution in [0.1, 0.15) is 30.0 Å². The van der Waals surface area contributed by atoms with E-state index in [-0.39, 0.29) is 5.82 Å². The molecule has 0 aliphatic heterocycles. The zero-order valence-corrected chi connectivity index (χ0v) is 15.9. The maximum absolute atomic E-state index is 13.4. The fraction of sp³-hybridized carbons (Fsp3) is 0.167. The minimum absolute atomic E-state index is 0.231. The molecule has 3 aromatic rings. The van der Waals surface area contributed by atoms with E-state index in [0.29, 0.717) is 18.5 Å². The van der Waals surface area contributed by atoms with Crippen molar-refractivity contribution in [3.8, 4) is 17.3 Å². The van der Waals surface area contributed by atoms with Crippen LogP contribution in [0.4, 0.5) is 10.2 Å². The first-order chi connectivity index (χ1) is 13.6. The van der Waals surface area contributed by atoms with Crippen molar-refractivity contribution in [3.05, 3.63) is 89.8 Å². The second-order valence-electron chi connectivity index (χ2n) is 6.51. The van der Waals surface area contributed by atoms with Crippen LogP contribution in [-0.4, -0.2) is 11.5 Å². The van der Waals surface area contributed by atoms with Crippen LogP contribution in [0.25, 0.3) is 16.8 Å². The smallest absolute Gasteiger partial charge is 0.134 e. The third kappa shape index (κ3) is 4.44. The van der Waals surface area contributed by atoms with Gasteiger partial charge in [0.1, 0.15) is 11.6 Å². The SMILES string of the molecule is C=C(CC)c1ccc(-c2ccccc2C#N)nc1NCCc1cccc(F)c1. The summed E-state index contributed by atoms with van der Waals surface area (Å²) < 4.78 is 13.4. The molecule has 0 atom stereocenters. The van der Waals surface area contributed by atoms with Gasteiger partial charge < -0.3 is 5.32 Å². The fourth-order valence-corrected chi connectivity index (χ4v) is 3.04. The molecule has 0 saturated carbocycles. The maximum Gasteiger partial charge on any atom is 0.134 e. The number of pyridine rings is 1. The van der Waals surface area contributed by atoms with Gasteiger partial charge in [0.2, 0.25) is 0 Å². The maximum atomic E-state index is 13.4. The topological polar surface area (TPSA) is 48.7 Å². The molecule has 0 radical (unpaired) electrons. The highest BCUT2D eigenvalue weighted by molar-refractivity contribution is 5.76. The van der Waals surface area contributed by atoms with Crippen molar-refractivity contribution in [2.45, 2.75) is 19.8 Å². The molecule has 1 N–H and O–H groups in total. The number of nitrogens with zero attached hydrogens (tertiary/aromatic N) is 2. The second-order valence-corrected chi connectivity index (χ2v) is 6.51. The van der Waals surface area contributed by atoms with Gasteiger partial charge in [0, 0.05) is 17.7 Å². The van der Waals surface area contributed by atoms with Gasteiger partial charge in [-0.25, -0.2) is 9.37 Å². The van der Waals surface area contributed by atoms with Crippen LogP contribution in [0.3, 0.4) is 0 Å². The van der Waals surface area contributed by atoms with Crippen LogP contribution in [-0.2, 0) is 6.42 Å². The van der Waals surface area contributed by atoms with Crippen molar-refractivity contribution >= 4 is 11.4 Å². The van der Waals surface area contributed by atoms with Gasteiger partial charge in [-0.05, 0) is 54.3 Å². The molecule has 4 heteroatoms. The summed E-state index contributed by atoms with van der Waals surface area (Å²) in [6, 6.07) is 20.2. The average molecular weight is 371 g/mol. The Hall–Kier alpha value is -3.45. The molecular formula is C24H22FN3. The Morgan fingerprint density at radius 3 is 2.71 bits per heavy atom. The molecule has 0 amide bonds. The molecule has 3 rings (SSSR count). The van der Waals surface area contributed by atoms with Crippen molar-refractivity contribution in [3.63, 3.8) is 0 Å². The molecule has 0 spiro atoms. The van der Waals surface area contributed by atoms with E-state index in [4.69, 9.17) is 4.98 Å². The van der Waals surface area contributed by atoms with Gasteiger partial charge in [0.05, 0.1) is 17.3 Å². The summed E-state index contributed by atoms with van der Waals surface area (Å²) in [5, 5.41) is 12.7. The molecule has 0 aliphatic rings. The van der Waals surface area contributed by atoms with Gasteiger partial charge in [-0.1, -0.05) is 43.8 Å². The lowest BCUT2D eigenvalue weighted by Crippen LogP contribution is -2.09. The molecule has 140 valence electrons. The number of anilines is 1. The molecular weight excluding hydrogens is 349 g/mol. The average Bonchev–Trinajstić information content (AvgIpc) is 2.73. The number of halogens is 1. The van der Waals surface area contributed by atoms with Gasteiger partial charge in [0.25, 0.3) is 0 Å². The summed E-state index contributed by atoms with van der Waals surface area (Å²) in [5.41, 5.74) is 4.99. The Labute approximate surface area is 165 Å². The van der Waals surface area contributed by atoms with E-state index in [1.807, 2.05) is 36.4 Å². The molecule has 0 aliphatic carbocycles. The minimum atomic E-state index is -0.231. The number of rotatable bonds is 7.